The van der Waals surface area contributed by atoms with Crippen molar-refractivity contribution in [3.63, 3.8) is 0 Å². The quantitative estimate of drug-likeness (QED) is 0.0713. The number of nitrogens with zero attached hydrogens (tertiary/aromatic N) is 4. The molecule has 0 saturated heterocycles. The van der Waals surface area contributed by atoms with E-state index in [0.29, 0.717) is 63.6 Å². The Morgan fingerprint density at radius 2 is 0.951 bits per heavy atom. The molecule has 61 heavy (non-hydrogen) atoms. The highest BCUT2D eigenvalue weighted by Crippen LogP contribution is 2.49. The molecular formula is C52H50N4O5. The van der Waals surface area contributed by atoms with E-state index in [-0.39, 0.29) is 0 Å². The fourth-order valence-electron chi connectivity index (χ4n) is 7.50. The van der Waals surface area contributed by atoms with Gasteiger partial charge in [-0.3, -0.25) is 4.57 Å². The van der Waals surface area contributed by atoms with Crippen molar-refractivity contribution in [1.29, 1.82) is 0 Å². The molecule has 308 valence electrons. The van der Waals surface area contributed by atoms with E-state index in [9.17, 15) is 0 Å². The number of methoxy groups -OCH3 is 1. The van der Waals surface area contributed by atoms with Crippen molar-refractivity contribution in [2.45, 2.75) is 19.1 Å². The summed E-state index contributed by atoms with van der Waals surface area (Å²) >= 11 is 0. The number of rotatable bonds is 20. The molecule has 0 aliphatic carbocycles. The third kappa shape index (κ3) is 9.10. The molecule has 0 radical (unpaired) electrons. The van der Waals surface area contributed by atoms with Crippen LogP contribution >= 0.6 is 0 Å². The van der Waals surface area contributed by atoms with E-state index in [1.807, 2.05) is 109 Å². The summed E-state index contributed by atoms with van der Waals surface area (Å²) in [5.74, 6) is 0.402. The smallest absolute Gasteiger partial charge is 0.265 e. The van der Waals surface area contributed by atoms with E-state index < -0.39 is 5.79 Å². The van der Waals surface area contributed by atoms with Crippen LogP contribution in [-0.4, -0.2) is 74.3 Å². The monoisotopic (exact) mass is 810 g/mol. The predicted octanol–water partition coefficient (Wildman–Crippen LogP) is 10.4. The van der Waals surface area contributed by atoms with Crippen LogP contribution in [0.3, 0.4) is 0 Å². The zero-order valence-electron chi connectivity index (χ0n) is 34.7. The Bertz CT molecular complexity index is 2480. The van der Waals surface area contributed by atoms with Gasteiger partial charge in [0.1, 0.15) is 30.5 Å². The van der Waals surface area contributed by atoms with Gasteiger partial charge < -0.3 is 23.7 Å². The lowest BCUT2D eigenvalue weighted by Crippen LogP contribution is -2.32. The number of hydrogen-bond donors (Lipinski definition) is 0. The summed E-state index contributed by atoms with van der Waals surface area (Å²) in [6.07, 6.45) is 0.934. The third-order valence-corrected chi connectivity index (χ3v) is 10.3. The van der Waals surface area contributed by atoms with Gasteiger partial charge in [-0.2, -0.15) is 0 Å². The summed E-state index contributed by atoms with van der Waals surface area (Å²) < 4.78 is 32.3. The molecule has 9 heteroatoms. The number of aromatic nitrogens is 2. The van der Waals surface area contributed by atoms with Gasteiger partial charge in [0, 0.05) is 36.0 Å². The van der Waals surface area contributed by atoms with E-state index in [2.05, 4.69) is 72.2 Å². The number of imidazole rings is 1. The van der Waals surface area contributed by atoms with Crippen LogP contribution in [0.5, 0.6) is 11.5 Å². The first-order chi connectivity index (χ1) is 30.2. The third-order valence-electron chi connectivity index (χ3n) is 10.3. The Kier molecular flexibility index (Phi) is 13.5. The van der Waals surface area contributed by atoms with Crippen LogP contribution in [0.25, 0.3) is 33.9 Å². The maximum Gasteiger partial charge on any atom is 0.265 e. The highest BCUT2D eigenvalue weighted by atomic mass is 16.5. The standard InChI is InChI=1S/C52H50N4O5/c1-3-32-58-35-37-60-45-30-18-16-28-43(45)51-53-49(41-24-12-6-13-25-41)50(42-26-14-7-15-27-42)56(51)52(44-29-17-19-31-46(44)61-38-36-59-34-33-57-2)54-47(39-20-8-4-9-21-39)48(55-52)40-22-10-5-11-23-40/h4-31H,3,32-38H2,1-2H3. The summed E-state index contributed by atoms with van der Waals surface area (Å²) in [4.78, 5) is 17.4. The highest BCUT2D eigenvalue weighted by molar-refractivity contribution is 6.54. The Morgan fingerprint density at radius 1 is 0.475 bits per heavy atom. The summed E-state index contributed by atoms with van der Waals surface area (Å²) in [5.41, 5.74) is 8.33. The number of hydrogen-bond acceptors (Lipinski definition) is 8. The van der Waals surface area contributed by atoms with Gasteiger partial charge in [0.25, 0.3) is 5.79 Å². The molecule has 0 fully saturated rings. The second kappa shape index (κ2) is 20.1. The van der Waals surface area contributed by atoms with Crippen molar-refractivity contribution in [2.24, 2.45) is 9.98 Å². The summed E-state index contributed by atoms with van der Waals surface area (Å²) in [6, 6.07) is 57.2. The zero-order valence-corrected chi connectivity index (χ0v) is 34.7. The molecule has 0 unspecified atom stereocenters. The van der Waals surface area contributed by atoms with Gasteiger partial charge in [-0.25, -0.2) is 15.0 Å². The van der Waals surface area contributed by atoms with Crippen LogP contribution < -0.4 is 9.47 Å². The van der Waals surface area contributed by atoms with E-state index in [1.165, 1.54) is 0 Å². The molecule has 0 amide bonds. The molecule has 1 aliphatic rings. The van der Waals surface area contributed by atoms with Crippen molar-refractivity contribution in [1.82, 2.24) is 9.55 Å². The topological polar surface area (TPSA) is 88.7 Å². The molecule has 0 atom stereocenters. The summed E-state index contributed by atoms with van der Waals surface area (Å²) in [5, 5.41) is 0. The minimum absolute atomic E-state index is 0.301. The van der Waals surface area contributed by atoms with Gasteiger partial charge in [0.05, 0.1) is 60.4 Å². The largest absolute Gasteiger partial charge is 0.491 e. The van der Waals surface area contributed by atoms with Crippen molar-refractivity contribution in [3.05, 3.63) is 187 Å². The van der Waals surface area contributed by atoms with E-state index in [4.69, 9.17) is 38.7 Å². The maximum absolute atomic E-state index is 6.67. The van der Waals surface area contributed by atoms with E-state index in [1.54, 1.807) is 7.11 Å². The Hall–Kier alpha value is -6.65. The lowest BCUT2D eigenvalue weighted by atomic mass is 10.0. The van der Waals surface area contributed by atoms with Gasteiger partial charge in [0.2, 0.25) is 0 Å². The number of para-hydroxylation sites is 2. The molecule has 6 aromatic carbocycles. The van der Waals surface area contributed by atoms with Crippen molar-refractivity contribution in [3.8, 4) is 45.4 Å². The van der Waals surface area contributed by atoms with Crippen LogP contribution in [0.15, 0.2) is 180 Å². The van der Waals surface area contributed by atoms with Gasteiger partial charge in [-0.15, -0.1) is 0 Å². The molecule has 1 aromatic heterocycles. The van der Waals surface area contributed by atoms with Crippen LogP contribution in [-0.2, 0) is 20.0 Å². The lowest BCUT2D eigenvalue weighted by molar-refractivity contribution is 0.0540. The zero-order chi connectivity index (χ0) is 41.7. The first-order valence-electron chi connectivity index (χ1n) is 20.9. The second-order valence-electron chi connectivity index (χ2n) is 14.4. The van der Waals surface area contributed by atoms with Crippen molar-refractivity contribution in [2.75, 3.05) is 53.4 Å². The molecule has 0 spiro atoms. The molecule has 2 heterocycles. The summed E-state index contributed by atoms with van der Waals surface area (Å²) in [7, 11) is 1.66. The van der Waals surface area contributed by atoms with E-state index >= 15 is 0 Å². The number of ether oxygens (including phenoxy) is 5. The fraction of sp³-hybridized carbons (Fsp3) is 0.212. The van der Waals surface area contributed by atoms with Gasteiger partial charge >= 0.3 is 0 Å². The first kappa shape index (κ1) is 41.1. The fourth-order valence-corrected chi connectivity index (χ4v) is 7.50. The Morgan fingerprint density at radius 3 is 1.54 bits per heavy atom. The average Bonchev–Trinajstić information content (AvgIpc) is 3.93. The highest BCUT2D eigenvalue weighted by Gasteiger charge is 2.47. The van der Waals surface area contributed by atoms with Gasteiger partial charge in [-0.05, 0) is 30.7 Å². The molecule has 0 saturated carbocycles. The second-order valence-corrected chi connectivity index (χ2v) is 14.4. The van der Waals surface area contributed by atoms with Crippen LogP contribution in [0.2, 0.25) is 0 Å². The Labute approximate surface area is 358 Å². The average molecular weight is 811 g/mol. The van der Waals surface area contributed by atoms with Crippen LogP contribution in [0, 0.1) is 0 Å². The molecule has 7 aromatic rings. The van der Waals surface area contributed by atoms with Crippen molar-refractivity contribution < 1.29 is 23.7 Å². The first-order valence-corrected chi connectivity index (χ1v) is 20.9. The Balaban J connectivity index is 1.46. The summed E-state index contributed by atoms with van der Waals surface area (Å²) in [6.45, 7) is 5.24. The molecular weight excluding hydrogens is 761 g/mol. The maximum atomic E-state index is 6.67. The predicted molar refractivity (Wildman–Crippen MR) is 243 cm³/mol. The number of benzene rings is 6. The lowest BCUT2D eigenvalue weighted by Gasteiger charge is -2.31. The van der Waals surface area contributed by atoms with Crippen molar-refractivity contribution >= 4 is 11.4 Å². The SMILES string of the molecule is CCCOCCOc1ccccc1-c1nc(-c2ccccc2)c(-c2ccccc2)n1C1(c2ccccc2OCCOCCOC)N=C(c2ccccc2)C(c2ccccc2)=N1. The van der Waals surface area contributed by atoms with Crippen LogP contribution in [0.4, 0.5) is 0 Å². The molecule has 9 nitrogen and oxygen atoms in total. The van der Waals surface area contributed by atoms with Gasteiger partial charge in [-0.1, -0.05) is 153 Å². The van der Waals surface area contributed by atoms with Crippen LogP contribution in [0.1, 0.15) is 30.0 Å². The minimum Gasteiger partial charge on any atom is -0.491 e. The molecule has 0 N–H and O–H groups in total. The van der Waals surface area contributed by atoms with Gasteiger partial charge in [0.15, 0.2) is 0 Å². The normalized spacial score (nSPS) is 13.1. The van der Waals surface area contributed by atoms with E-state index in [0.717, 1.165) is 62.6 Å². The molecule has 0 bridgehead atoms. The minimum atomic E-state index is -1.50. The number of aliphatic imine (C=N–C) groups is 2. The molecule has 8 rings (SSSR count). The molecule has 1 aliphatic heterocycles.